The monoisotopic (exact) mass is 394 g/mol. The second-order valence-corrected chi connectivity index (χ2v) is 7.58. The molecule has 2 aliphatic rings. The molecule has 10 heteroatoms. The summed E-state index contributed by atoms with van der Waals surface area (Å²) >= 11 is 6.83. The van der Waals surface area contributed by atoms with Crippen LogP contribution < -0.4 is 15.4 Å². The van der Waals surface area contributed by atoms with Gasteiger partial charge < -0.3 is 10.1 Å². The van der Waals surface area contributed by atoms with Crippen molar-refractivity contribution >= 4 is 69.2 Å². The Morgan fingerprint density at radius 3 is 2.44 bits per heavy atom. The van der Waals surface area contributed by atoms with Gasteiger partial charge in [0.2, 0.25) is 5.91 Å². The molecule has 25 heavy (non-hydrogen) atoms. The van der Waals surface area contributed by atoms with Crippen molar-refractivity contribution in [3.05, 3.63) is 34.7 Å². The lowest BCUT2D eigenvalue weighted by Crippen LogP contribution is -2.27. The van der Waals surface area contributed by atoms with E-state index in [1.807, 2.05) is 0 Å². The number of hydrogen-bond donors (Lipinski definition) is 2. The number of thioether (sulfide) groups is 2. The third-order valence-corrected chi connectivity index (χ3v) is 5.43. The molecule has 0 bridgehead atoms. The summed E-state index contributed by atoms with van der Waals surface area (Å²) in [5, 5.41) is 3.21. The zero-order chi connectivity index (χ0) is 18.0. The minimum absolute atomic E-state index is 0.188. The lowest BCUT2D eigenvalue weighted by Gasteiger charge is -2.06. The summed E-state index contributed by atoms with van der Waals surface area (Å²) in [6.45, 7) is 0. The number of hydrogen-bond acceptors (Lipinski definition) is 8. The summed E-state index contributed by atoms with van der Waals surface area (Å²) in [6.07, 6.45) is 1.56. The van der Waals surface area contributed by atoms with Crippen molar-refractivity contribution in [1.29, 1.82) is 0 Å². The van der Waals surface area contributed by atoms with Crippen LogP contribution in [0.25, 0.3) is 6.08 Å². The van der Waals surface area contributed by atoms with Gasteiger partial charge in [0.25, 0.3) is 10.5 Å². The minimum atomic E-state index is -0.755. The predicted molar refractivity (Wildman–Crippen MR) is 98.3 cm³/mol. The lowest BCUT2D eigenvalue weighted by molar-refractivity contribution is -0.135. The normalized spacial score (nSPS) is 21.4. The van der Waals surface area contributed by atoms with Crippen LogP contribution in [0.15, 0.2) is 29.2 Å². The summed E-state index contributed by atoms with van der Waals surface area (Å²) in [7, 11) is 0. The highest BCUT2D eigenvalue weighted by Crippen LogP contribution is 2.27. The number of benzene rings is 1. The predicted octanol–water partition coefficient (Wildman–Crippen LogP) is 2.46. The quantitative estimate of drug-likeness (QED) is 0.348. The van der Waals surface area contributed by atoms with Gasteiger partial charge in [-0.1, -0.05) is 36.1 Å². The van der Waals surface area contributed by atoms with Crippen LogP contribution in [-0.4, -0.2) is 32.6 Å². The zero-order valence-corrected chi connectivity index (χ0v) is 14.9. The average molecular weight is 394 g/mol. The maximum atomic E-state index is 11.9. The van der Waals surface area contributed by atoms with Crippen molar-refractivity contribution in [2.45, 2.75) is 11.7 Å². The molecule has 3 amide bonds. The molecule has 0 saturated carbocycles. The Morgan fingerprint density at radius 2 is 1.88 bits per heavy atom. The van der Waals surface area contributed by atoms with Crippen LogP contribution >= 0.6 is 35.7 Å². The van der Waals surface area contributed by atoms with Gasteiger partial charge in [0.15, 0.2) is 0 Å². The number of rotatable bonds is 4. The van der Waals surface area contributed by atoms with E-state index >= 15 is 0 Å². The summed E-state index contributed by atoms with van der Waals surface area (Å²) in [6, 6.07) is 6.61. The second kappa shape index (κ2) is 7.38. The third kappa shape index (κ3) is 4.47. The van der Waals surface area contributed by atoms with Crippen molar-refractivity contribution in [3.8, 4) is 5.75 Å². The number of imide groups is 1. The summed E-state index contributed by atoms with van der Waals surface area (Å²) in [5.74, 6) is -0.768. The largest absolute Gasteiger partial charge is 0.426 e. The molecular weight excluding hydrogens is 384 g/mol. The fraction of sp³-hybridized carbons (Fsp3) is 0.133. The summed E-state index contributed by atoms with van der Waals surface area (Å²) in [5.41, 5.74) is 0.789. The van der Waals surface area contributed by atoms with Gasteiger partial charge in [-0.2, -0.15) is 0 Å². The highest BCUT2D eigenvalue weighted by atomic mass is 32.2. The Bertz CT molecular complexity index is 819. The number of nitrogens with one attached hydrogen (secondary N) is 2. The molecule has 0 aromatic heterocycles. The van der Waals surface area contributed by atoms with Crippen LogP contribution in [0.2, 0.25) is 0 Å². The number of esters is 1. The highest BCUT2D eigenvalue weighted by Gasteiger charge is 2.33. The molecule has 0 aliphatic carbocycles. The van der Waals surface area contributed by atoms with E-state index in [2.05, 4.69) is 10.6 Å². The fourth-order valence-corrected chi connectivity index (χ4v) is 3.89. The van der Waals surface area contributed by atoms with Crippen LogP contribution in [0.5, 0.6) is 5.75 Å². The molecule has 2 fully saturated rings. The van der Waals surface area contributed by atoms with E-state index in [0.717, 1.165) is 29.1 Å². The van der Waals surface area contributed by atoms with Gasteiger partial charge in [0.05, 0.1) is 11.3 Å². The molecule has 2 saturated heterocycles. The van der Waals surface area contributed by atoms with E-state index in [-0.39, 0.29) is 11.7 Å². The van der Waals surface area contributed by atoms with Crippen molar-refractivity contribution < 1.29 is 23.9 Å². The maximum absolute atomic E-state index is 11.9. The van der Waals surface area contributed by atoms with Gasteiger partial charge in [-0.25, -0.2) is 0 Å². The molecule has 2 heterocycles. The second-order valence-electron chi connectivity index (χ2n) is 4.98. The third-order valence-electron chi connectivity index (χ3n) is 3.17. The molecule has 128 valence electrons. The average Bonchev–Trinajstić information content (AvgIpc) is 3.02. The highest BCUT2D eigenvalue weighted by molar-refractivity contribution is 8.19. The Labute approximate surface area is 155 Å². The number of thiocarbonyl (C=S) groups is 1. The first-order chi connectivity index (χ1) is 11.9. The molecular formula is C15H10N2O5S3. The lowest BCUT2D eigenvalue weighted by atomic mass is 10.2. The van der Waals surface area contributed by atoms with E-state index in [1.54, 1.807) is 30.3 Å². The Kier molecular flexibility index (Phi) is 5.21. The smallest absolute Gasteiger partial charge is 0.312 e. The van der Waals surface area contributed by atoms with E-state index in [9.17, 15) is 19.2 Å². The van der Waals surface area contributed by atoms with E-state index in [1.165, 1.54) is 0 Å². The first-order valence-electron chi connectivity index (χ1n) is 6.98. The van der Waals surface area contributed by atoms with Gasteiger partial charge in [0.1, 0.15) is 16.0 Å². The van der Waals surface area contributed by atoms with Crippen LogP contribution in [0, 0.1) is 0 Å². The summed E-state index contributed by atoms with van der Waals surface area (Å²) < 4.78 is 5.16. The Balaban J connectivity index is 1.59. The number of ether oxygens (including phenoxy) is 1. The Hall–Kier alpha value is -2.17. The SMILES string of the molecule is O=C(CC1SC(=O)NC1=O)Oc1ccc(/C=C2\SC(=O)NC2=S)cc1. The van der Waals surface area contributed by atoms with Gasteiger partial charge in [-0.05, 0) is 35.5 Å². The van der Waals surface area contributed by atoms with E-state index < -0.39 is 22.4 Å². The number of carbonyl (C=O) groups is 4. The Morgan fingerprint density at radius 1 is 1.16 bits per heavy atom. The van der Waals surface area contributed by atoms with Gasteiger partial charge in [-0.15, -0.1) is 0 Å². The van der Waals surface area contributed by atoms with Crippen molar-refractivity contribution in [2.24, 2.45) is 0 Å². The molecule has 0 radical (unpaired) electrons. The first kappa shape index (κ1) is 17.6. The van der Waals surface area contributed by atoms with Gasteiger partial charge in [0, 0.05) is 0 Å². The molecule has 1 aromatic carbocycles. The topological polar surface area (TPSA) is 102 Å². The molecule has 1 aromatic rings. The zero-order valence-electron chi connectivity index (χ0n) is 12.4. The number of amides is 3. The standard InChI is InChI=1S/C15H10N2O5S3/c18-11(6-9-12(19)16-14(20)24-9)22-8-3-1-7(2-4-8)5-10-13(23)17-15(21)25-10/h1-5,9H,6H2,(H,16,19,20)(H,17,21,23)/b10-5-. The molecule has 3 rings (SSSR count). The fourth-order valence-electron chi connectivity index (χ4n) is 2.06. The van der Waals surface area contributed by atoms with Crippen LogP contribution in [0.4, 0.5) is 9.59 Å². The molecule has 1 atom stereocenters. The minimum Gasteiger partial charge on any atom is -0.426 e. The maximum Gasteiger partial charge on any atom is 0.312 e. The molecule has 2 aliphatic heterocycles. The van der Waals surface area contributed by atoms with Crippen LogP contribution in [0.3, 0.4) is 0 Å². The van der Waals surface area contributed by atoms with E-state index in [0.29, 0.717) is 15.6 Å². The van der Waals surface area contributed by atoms with E-state index in [4.69, 9.17) is 17.0 Å². The molecule has 2 N–H and O–H groups in total. The molecule has 0 spiro atoms. The van der Waals surface area contributed by atoms with Crippen molar-refractivity contribution in [3.63, 3.8) is 0 Å². The van der Waals surface area contributed by atoms with Gasteiger partial charge in [-0.3, -0.25) is 24.5 Å². The molecule has 7 nitrogen and oxygen atoms in total. The van der Waals surface area contributed by atoms with Crippen molar-refractivity contribution in [1.82, 2.24) is 10.6 Å². The first-order valence-corrected chi connectivity index (χ1v) is 9.08. The van der Waals surface area contributed by atoms with Crippen LogP contribution in [0.1, 0.15) is 12.0 Å². The van der Waals surface area contributed by atoms with Gasteiger partial charge >= 0.3 is 5.97 Å². The summed E-state index contributed by atoms with van der Waals surface area (Å²) in [4.78, 5) is 46.6. The van der Waals surface area contributed by atoms with Crippen LogP contribution in [-0.2, 0) is 9.59 Å². The molecule has 1 unspecified atom stereocenters. The number of carbonyl (C=O) groups excluding carboxylic acids is 4. The van der Waals surface area contributed by atoms with Crippen molar-refractivity contribution in [2.75, 3.05) is 0 Å².